The van der Waals surface area contributed by atoms with Gasteiger partial charge in [-0.25, -0.2) is 8.78 Å². The molecule has 1 aromatic carbocycles. The Hall–Kier alpha value is -1.69. The molecule has 0 heterocycles. The summed E-state index contributed by atoms with van der Waals surface area (Å²) in [5, 5.41) is 10.9. The zero-order chi connectivity index (χ0) is 16.9. The Labute approximate surface area is 129 Å². The van der Waals surface area contributed by atoms with Crippen LogP contribution in [0.5, 0.6) is 5.75 Å². The normalized spacial score (nSPS) is 15.5. The van der Waals surface area contributed by atoms with Crippen LogP contribution in [0.1, 0.15) is 26.3 Å². The number of esters is 1. The Kier molecular flexibility index (Phi) is 6.29. The molecular formula is C16H22F2O4. The molecule has 1 rings (SSSR count). The van der Waals surface area contributed by atoms with Gasteiger partial charge >= 0.3 is 5.97 Å². The maximum atomic E-state index is 13.5. The van der Waals surface area contributed by atoms with Gasteiger partial charge in [-0.3, -0.25) is 4.79 Å². The van der Waals surface area contributed by atoms with Crippen LogP contribution in [0.15, 0.2) is 24.3 Å². The van der Waals surface area contributed by atoms with Crippen molar-refractivity contribution in [3.8, 4) is 5.75 Å². The highest BCUT2D eigenvalue weighted by atomic mass is 19.3. The molecule has 0 aliphatic carbocycles. The second-order valence-electron chi connectivity index (χ2n) is 5.27. The first-order valence-electron chi connectivity index (χ1n) is 7.10. The summed E-state index contributed by atoms with van der Waals surface area (Å²) < 4.78 is 36.7. The summed E-state index contributed by atoms with van der Waals surface area (Å²) in [6.07, 6.45) is -3.05. The highest BCUT2D eigenvalue weighted by molar-refractivity contribution is 5.75. The molecule has 4 nitrogen and oxygen atoms in total. The summed E-state index contributed by atoms with van der Waals surface area (Å²) in [5.74, 6) is -3.16. The van der Waals surface area contributed by atoms with Crippen molar-refractivity contribution in [3.63, 3.8) is 0 Å². The fourth-order valence-corrected chi connectivity index (χ4v) is 2.44. The van der Waals surface area contributed by atoms with Crippen molar-refractivity contribution in [1.29, 1.82) is 0 Å². The minimum atomic E-state index is -3.05. The number of hydrogen-bond donors (Lipinski definition) is 1. The van der Waals surface area contributed by atoms with Crippen LogP contribution < -0.4 is 4.74 Å². The molecule has 124 valence electrons. The number of carbonyl (C=O) groups excluding carboxylic acids is 1. The highest BCUT2D eigenvalue weighted by Gasteiger charge is 2.51. The number of methoxy groups -OCH3 is 1. The Morgan fingerprint density at radius 2 is 1.82 bits per heavy atom. The number of halogens is 2. The van der Waals surface area contributed by atoms with E-state index in [9.17, 15) is 18.7 Å². The first kappa shape index (κ1) is 18.4. The van der Waals surface area contributed by atoms with Crippen LogP contribution in [0, 0.1) is 11.8 Å². The third-order valence-corrected chi connectivity index (χ3v) is 3.70. The van der Waals surface area contributed by atoms with Crippen LogP contribution >= 0.6 is 0 Å². The van der Waals surface area contributed by atoms with E-state index in [4.69, 9.17) is 9.47 Å². The molecule has 0 saturated carbocycles. The summed E-state index contributed by atoms with van der Waals surface area (Å²) in [6.45, 7) is 4.67. The van der Waals surface area contributed by atoms with Gasteiger partial charge in [-0.05, 0) is 30.5 Å². The van der Waals surface area contributed by atoms with Crippen LogP contribution in [-0.4, -0.2) is 31.2 Å². The van der Waals surface area contributed by atoms with Gasteiger partial charge in [0.15, 0.2) is 5.92 Å². The fraction of sp³-hybridized carbons (Fsp3) is 0.562. The lowest BCUT2D eigenvalue weighted by molar-refractivity contribution is -0.178. The molecule has 0 amide bonds. The molecule has 0 radical (unpaired) electrons. The van der Waals surface area contributed by atoms with Crippen LogP contribution in [0.2, 0.25) is 0 Å². The zero-order valence-electron chi connectivity index (χ0n) is 13.2. The van der Waals surface area contributed by atoms with E-state index < -0.39 is 29.8 Å². The lowest BCUT2D eigenvalue weighted by Gasteiger charge is -2.38. The van der Waals surface area contributed by atoms with Gasteiger partial charge < -0.3 is 14.6 Å². The fourth-order valence-electron chi connectivity index (χ4n) is 2.44. The Bertz CT molecular complexity index is 487. The van der Waals surface area contributed by atoms with Crippen LogP contribution in [0.4, 0.5) is 8.78 Å². The first-order chi connectivity index (χ1) is 10.3. The minimum Gasteiger partial charge on any atom is -0.497 e. The molecule has 1 N–H and O–H groups in total. The monoisotopic (exact) mass is 316 g/mol. The maximum Gasteiger partial charge on any atom is 0.318 e. The van der Waals surface area contributed by atoms with Gasteiger partial charge in [-0.15, -0.1) is 0 Å². The Morgan fingerprint density at radius 3 is 2.18 bits per heavy atom. The number of aliphatic hydroxyl groups is 1. The quantitative estimate of drug-likeness (QED) is 0.786. The maximum absolute atomic E-state index is 13.5. The molecule has 6 heteroatoms. The molecule has 0 aromatic heterocycles. The topological polar surface area (TPSA) is 55.8 Å². The summed E-state index contributed by atoms with van der Waals surface area (Å²) in [5.41, 5.74) is -1.81. The lowest BCUT2D eigenvalue weighted by atomic mass is 9.73. The van der Waals surface area contributed by atoms with E-state index in [1.165, 1.54) is 26.2 Å². The van der Waals surface area contributed by atoms with Gasteiger partial charge in [0.1, 0.15) is 11.4 Å². The minimum absolute atomic E-state index is 0.0289. The number of hydrogen-bond acceptors (Lipinski definition) is 4. The number of ether oxygens (including phenoxy) is 2. The molecule has 2 unspecified atom stereocenters. The lowest BCUT2D eigenvalue weighted by Crippen LogP contribution is -2.48. The van der Waals surface area contributed by atoms with Crippen molar-refractivity contribution in [2.24, 2.45) is 11.8 Å². The molecule has 0 bridgehead atoms. The van der Waals surface area contributed by atoms with Gasteiger partial charge in [-0.2, -0.15) is 0 Å². The molecule has 0 spiro atoms. The van der Waals surface area contributed by atoms with Crippen molar-refractivity contribution in [3.05, 3.63) is 29.8 Å². The number of alkyl halides is 2. The van der Waals surface area contributed by atoms with E-state index in [2.05, 4.69) is 0 Å². The van der Waals surface area contributed by atoms with Crippen LogP contribution in [0.3, 0.4) is 0 Å². The summed E-state index contributed by atoms with van der Waals surface area (Å²) >= 11 is 0. The van der Waals surface area contributed by atoms with Gasteiger partial charge in [0, 0.05) is 0 Å². The highest BCUT2D eigenvalue weighted by Crippen LogP contribution is 2.41. The van der Waals surface area contributed by atoms with E-state index in [1.807, 2.05) is 0 Å². The average molecular weight is 316 g/mol. The molecule has 0 saturated heterocycles. The zero-order valence-corrected chi connectivity index (χ0v) is 13.2. The number of benzene rings is 1. The van der Waals surface area contributed by atoms with E-state index >= 15 is 0 Å². The van der Waals surface area contributed by atoms with Crippen molar-refractivity contribution >= 4 is 5.97 Å². The summed E-state index contributed by atoms with van der Waals surface area (Å²) in [4.78, 5) is 11.9. The smallest absolute Gasteiger partial charge is 0.318 e. The predicted molar refractivity (Wildman–Crippen MR) is 77.9 cm³/mol. The van der Waals surface area contributed by atoms with Crippen molar-refractivity contribution in [2.75, 3.05) is 13.7 Å². The number of carbonyl (C=O) groups is 1. The average Bonchev–Trinajstić information content (AvgIpc) is 2.47. The molecule has 0 fully saturated rings. The van der Waals surface area contributed by atoms with Gasteiger partial charge in [0.25, 0.3) is 6.43 Å². The van der Waals surface area contributed by atoms with E-state index in [1.54, 1.807) is 26.0 Å². The van der Waals surface area contributed by atoms with Gasteiger partial charge in [0.2, 0.25) is 0 Å². The van der Waals surface area contributed by atoms with E-state index in [-0.39, 0.29) is 12.2 Å². The second-order valence-corrected chi connectivity index (χ2v) is 5.27. The van der Waals surface area contributed by atoms with E-state index in [0.717, 1.165) is 0 Å². The largest absolute Gasteiger partial charge is 0.497 e. The third kappa shape index (κ3) is 3.55. The predicted octanol–water partition coefficient (Wildman–Crippen LogP) is 2.98. The van der Waals surface area contributed by atoms with E-state index in [0.29, 0.717) is 5.75 Å². The Morgan fingerprint density at radius 1 is 1.27 bits per heavy atom. The summed E-state index contributed by atoms with van der Waals surface area (Å²) in [6, 6.07) is 6.06. The summed E-state index contributed by atoms with van der Waals surface area (Å²) in [7, 11) is 1.48. The Balaban J connectivity index is 3.34. The first-order valence-corrected chi connectivity index (χ1v) is 7.10. The van der Waals surface area contributed by atoms with Crippen molar-refractivity contribution in [2.45, 2.75) is 32.8 Å². The molecule has 1 aromatic rings. The molecular weight excluding hydrogens is 294 g/mol. The third-order valence-electron chi connectivity index (χ3n) is 3.70. The molecule has 22 heavy (non-hydrogen) atoms. The SMILES string of the molecule is CCOC(=O)C(C(F)F)C(O)(c1ccc(OC)cc1)C(C)C. The van der Waals surface area contributed by atoms with Gasteiger partial charge in [0.05, 0.1) is 13.7 Å². The van der Waals surface area contributed by atoms with Crippen LogP contribution in [-0.2, 0) is 15.1 Å². The van der Waals surface area contributed by atoms with Gasteiger partial charge in [-0.1, -0.05) is 26.0 Å². The molecule has 2 atom stereocenters. The van der Waals surface area contributed by atoms with Crippen molar-refractivity contribution in [1.82, 2.24) is 0 Å². The standard InChI is InChI=1S/C16H22F2O4/c1-5-22-15(19)13(14(17)18)16(20,10(2)3)11-6-8-12(21-4)9-7-11/h6-10,13-14,20H,5H2,1-4H3. The second kappa shape index (κ2) is 7.54. The van der Waals surface area contributed by atoms with Crippen LogP contribution in [0.25, 0.3) is 0 Å². The molecule has 0 aliphatic heterocycles. The molecule has 0 aliphatic rings. The number of rotatable bonds is 7. The van der Waals surface area contributed by atoms with Crippen molar-refractivity contribution < 1.29 is 28.2 Å².